The van der Waals surface area contributed by atoms with Gasteiger partial charge in [0.1, 0.15) is 4.90 Å². The van der Waals surface area contributed by atoms with Crippen LogP contribution in [0.25, 0.3) is 0 Å². The molecule has 6 nitrogen and oxygen atoms in total. The highest BCUT2D eigenvalue weighted by Gasteiger charge is 2.20. The molecular formula is C22H18ClN3O3S. The highest BCUT2D eigenvalue weighted by atomic mass is 35.5. The molecule has 3 aromatic carbocycles. The normalized spacial score (nSPS) is 10.8. The van der Waals surface area contributed by atoms with Gasteiger partial charge in [0.15, 0.2) is 0 Å². The topological polar surface area (TPSA) is 99.1 Å². The summed E-state index contributed by atoms with van der Waals surface area (Å²) in [6, 6.07) is 19.9. The van der Waals surface area contributed by atoms with Gasteiger partial charge in [0.25, 0.3) is 15.9 Å². The van der Waals surface area contributed by atoms with E-state index < -0.39 is 15.9 Å². The van der Waals surface area contributed by atoms with E-state index in [1.54, 1.807) is 42.5 Å². The molecule has 0 bridgehead atoms. The third-order valence-electron chi connectivity index (χ3n) is 4.25. The number of sulfonamides is 1. The van der Waals surface area contributed by atoms with Crippen LogP contribution in [0, 0.1) is 18.3 Å². The number of carbonyl (C=O) groups is 1. The first-order valence-electron chi connectivity index (χ1n) is 8.95. The molecule has 0 heterocycles. The molecule has 0 spiro atoms. The van der Waals surface area contributed by atoms with E-state index in [0.717, 1.165) is 11.1 Å². The molecule has 3 rings (SSSR count). The molecule has 30 heavy (non-hydrogen) atoms. The average molecular weight is 440 g/mol. The number of hydrogen-bond donors (Lipinski definition) is 2. The number of halogens is 1. The Balaban J connectivity index is 1.83. The molecule has 0 saturated carbocycles. The average Bonchev–Trinajstić information content (AvgIpc) is 2.69. The Morgan fingerprint density at radius 2 is 1.77 bits per heavy atom. The van der Waals surface area contributed by atoms with Crippen LogP contribution in [0.1, 0.15) is 21.5 Å². The van der Waals surface area contributed by atoms with Gasteiger partial charge in [-0.3, -0.25) is 9.52 Å². The predicted octanol–water partition coefficient (Wildman–Crippen LogP) is 4.77. The minimum Gasteiger partial charge on any atom is -0.322 e. The number of nitrogens with zero attached hydrogens (tertiary/aromatic N) is 1. The van der Waals surface area contributed by atoms with Gasteiger partial charge in [0, 0.05) is 16.9 Å². The fourth-order valence-corrected chi connectivity index (χ4v) is 4.35. The fourth-order valence-electron chi connectivity index (χ4n) is 2.77. The van der Waals surface area contributed by atoms with Crippen LogP contribution in [0.5, 0.6) is 0 Å². The van der Waals surface area contributed by atoms with Crippen molar-refractivity contribution in [3.63, 3.8) is 0 Å². The van der Waals surface area contributed by atoms with Crippen molar-refractivity contribution in [1.82, 2.24) is 0 Å². The lowest BCUT2D eigenvalue weighted by atomic mass is 10.1. The molecule has 8 heteroatoms. The molecule has 2 N–H and O–H groups in total. The molecule has 0 aliphatic heterocycles. The summed E-state index contributed by atoms with van der Waals surface area (Å²) in [5.74, 6) is -0.480. The van der Waals surface area contributed by atoms with Crippen LogP contribution >= 0.6 is 11.6 Å². The Morgan fingerprint density at radius 1 is 1.03 bits per heavy atom. The summed E-state index contributed by atoms with van der Waals surface area (Å²) in [7, 11) is -3.99. The van der Waals surface area contributed by atoms with Crippen molar-refractivity contribution in [2.24, 2.45) is 0 Å². The zero-order chi connectivity index (χ0) is 21.7. The molecule has 0 aromatic heterocycles. The van der Waals surface area contributed by atoms with Crippen molar-refractivity contribution >= 4 is 38.9 Å². The third-order valence-corrected chi connectivity index (χ3v) is 6.11. The second kappa shape index (κ2) is 8.99. The van der Waals surface area contributed by atoms with Crippen molar-refractivity contribution in [2.75, 3.05) is 10.0 Å². The van der Waals surface area contributed by atoms with Crippen molar-refractivity contribution in [3.05, 3.63) is 88.4 Å². The lowest BCUT2D eigenvalue weighted by Crippen LogP contribution is -2.16. The lowest BCUT2D eigenvalue weighted by molar-refractivity contribution is 0.102. The maximum absolute atomic E-state index is 12.8. The molecule has 0 saturated heterocycles. The smallest absolute Gasteiger partial charge is 0.263 e. The molecule has 0 aliphatic rings. The summed E-state index contributed by atoms with van der Waals surface area (Å²) in [4.78, 5) is 12.4. The molecule has 0 fully saturated rings. The van der Waals surface area contributed by atoms with Crippen LogP contribution in [-0.4, -0.2) is 14.3 Å². The Bertz CT molecular complexity index is 1230. The minimum atomic E-state index is -3.99. The summed E-state index contributed by atoms with van der Waals surface area (Å²) in [5.41, 5.74) is 2.80. The molecule has 0 aliphatic carbocycles. The number of amides is 1. The van der Waals surface area contributed by atoms with Crippen LogP contribution in [0.2, 0.25) is 5.02 Å². The number of nitrogens with one attached hydrogen (secondary N) is 2. The first-order valence-corrected chi connectivity index (χ1v) is 10.8. The van der Waals surface area contributed by atoms with Crippen molar-refractivity contribution < 1.29 is 13.2 Å². The van der Waals surface area contributed by atoms with Crippen molar-refractivity contribution in [2.45, 2.75) is 18.2 Å². The summed E-state index contributed by atoms with van der Waals surface area (Å²) in [6.45, 7) is 1.85. The molecule has 0 unspecified atom stereocenters. The summed E-state index contributed by atoms with van der Waals surface area (Å²) in [6.07, 6.45) is 0.278. The standard InChI is InChI=1S/C22H18ClN3O3S/c1-15-3-2-4-19(13-15)26-30(28,29)21-14-17(7-10-20(21)23)22(27)25-18-8-5-16(6-9-18)11-12-24/h2-10,13-14,26H,11H2,1H3,(H,25,27). The van der Waals surface area contributed by atoms with E-state index in [0.29, 0.717) is 11.4 Å². The van der Waals surface area contributed by atoms with Gasteiger partial charge in [-0.2, -0.15) is 5.26 Å². The Labute approximate surface area is 180 Å². The van der Waals surface area contributed by atoms with E-state index in [-0.39, 0.29) is 21.9 Å². The van der Waals surface area contributed by atoms with Gasteiger partial charge in [0.2, 0.25) is 0 Å². The van der Waals surface area contributed by atoms with Gasteiger partial charge in [-0.1, -0.05) is 35.9 Å². The Morgan fingerprint density at radius 3 is 2.43 bits per heavy atom. The van der Waals surface area contributed by atoms with Crippen molar-refractivity contribution in [1.29, 1.82) is 5.26 Å². The number of nitriles is 1. The summed E-state index contributed by atoms with van der Waals surface area (Å²) >= 11 is 6.11. The second-order valence-corrected chi connectivity index (χ2v) is 8.66. The zero-order valence-corrected chi connectivity index (χ0v) is 17.6. The van der Waals surface area contributed by atoms with Crippen molar-refractivity contribution in [3.8, 4) is 6.07 Å². The van der Waals surface area contributed by atoms with E-state index in [9.17, 15) is 13.2 Å². The predicted molar refractivity (Wildman–Crippen MR) is 117 cm³/mol. The number of carbonyl (C=O) groups excluding carboxylic acids is 1. The zero-order valence-electron chi connectivity index (χ0n) is 16.0. The van der Waals surface area contributed by atoms with Crippen LogP contribution in [0.3, 0.4) is 0 Å². The van der Waals surface area contributed by atoms with E-state index in [1.807, 2.05) is 13.0 Å². The minimum absolute atomic E-state index is 0.00700. The summed E-state index contributed by atoms with van der Waals surface area (Å²) in [5, 5.41) is 11.4. The first kappa shape index (κ1) is 21.4. The largest absolute Gasteiger partial charge is 0.322 e. The van der Waals surface area contributed by atoms with Crippen LogP contribution < -0.4 is 10.0 Å². The van der Waals surface area contributed by atoms with Gasteiger partial charge in [-0.15, -0.1) is 0 Å². The summed E-state index contributed by atoms with van der Waals surface area (Å²) < 4.78 is 28.1. The first-order chi connectivity index (χ1) is 14.3. The number of anilines is 2. The highest BCUT2D eigenvalue weighted by Crippen LogP contribution is 2.26. The van der Waals surface area contributed by atoms with Crippen LogP contribution in [0.15, 0.2) is 71.6 Å². The molecule has 0 radical (unpaired) electrons. The number of rotatable bonds is 6. The molecule has 3 aromatic rings. The van der Waals surface area contributed by atoms with E-state index in [2.05, 4.69) is 16.1 Å². The van der Waals surface area contributed by atoms with Gasteiger partial charge >= 0.3 is 0 Å². The Hall–Kier alpha value is -3.34. The van der Waals surface area contributed by atoms with Gasteiger partial charge < -0.3 is 5.32 Å². The third kappa shape index (κ3) is 5.17. The molecular weight excluding hydrogens is 422 g/mol. The number of hydrogen-bond acceptors (Lipinski definition) is 4. The van der Waals surface area contributed by atoms with Gasteiger partial charge in [-0.05, 0) is 60.5 Å². The molecule has 0 atom stereocenters. The molecule has 1 amide bonds. The van der Waals surface area contributed by atoms with Gasteiger partial charge in [0.05, 0.1) is 17.5 Å². The molecule has 152 valence electrons. The monoisotopic (exact) mass is 439 g/mol. The van der Waals surface area contributed by atoms with E-state index >= 15 is 0 Å². The number of aryl methyl sites for hydroxylation is 1. The van der Waals surface area contributed by atoms with E-state index in [4.69, 9.17) is 16.9 Å². The van der Waals surface area contributed by atoms with Crippen LogP contribution in [0.4, 0.5) is 11.4 Å². The second-order valence-electron chi connectivity index (χ2n) is 6.61. The van der Waals surface area contributed by atoms with Gasteiger partial charge in [-0.25, -0.2) is 8.42 Å². The fraction of sp³-hybridized carbons (Fsp3) is 0.0909. The number of benzene rings is 3. The maximum atomic E-state index is 12.8. The quantitative estimate of drug-likeness (QED) is 0.577. The SMILES string of the molecule is Cc1cccc(NS(=O)(=O)c2cc(C(=O)Nc3ccc(CC#N)cc3)ccc2Cl)c1. The highest BCUT2D eigenvalue weighted by molar-refractivity contribution is 7.92. The van der Waals surface area contributed by atoms with E-state index in [1.165, 1.54) is 18.2 Å². The lowest BCUT2D eigenvalue weighted by Gasteiger charge is -2.12. The van der Waals surface area contributed by atoms with Crippen LogP contribution in [-0.2, 0) is 16.4 Å². The Kier molecular flexibility index (Phi) is 6.40. The maximum Gasteiger partial charge on any atom is 0.263 e.